The average Bonchev–Trinajstić information content (AvgIpc) is 2.29. The minimum Gasteiger partial charge on any atom is -0.506 e. The van der Waals surface area contributed by atoms with Gasteiger partial charge in [0.05, 0.1) is 11.9 Å². The van der Waals surface area contributed by atoms with Gasteiger partial charge in [0, 0.05) is 5.56 Å². The lowest BCUT2D eigenvalue weighted by atomic mass is 9.78. The number of hydrogen-bond donors (Lipinski definition) is 1. The van der Waals surface area contributed by atoms with Gasteiger partial charge in [0.25, 0.3) is 0 Å². The largest absolute Gasteiger partial charge is 0.506 e. The number of hydrogen-bond acceptors (Lipinski definition) is 2. The molecule has 1 aromatic carbocycles. The summed E-state index contributed by atoms with van der Waals surface area (Å²) in [5.41, 5.74) is 3.56. The van der Waals surface area contributed by atoms with Crippen LogP contribution >= 0.6 is 0 Å². The number of pyridine rings is 1. The van der Waals surface area contributed by atoms with Crippen LogP contribution in [0.4, 0.5) is 0 Å². The van der Waals surface area contributed by atoms with Crippen molar-refractivity contribution in [1.29, 1.82) is 0 Å². The number of nitrogens with zero attached hydrogens (tertiary/aromatic N) is 1. The van der Waals surface area contributed by atoms with E-state index in [4.69, 9.17) is 0 Å². The highest BCUT2D eigenvalue weighted by Crippen LogP contribution is 2.40. The van der Waals surface area contributed by atoms with Gasteiger partial charge < -0.3 is 5.11 Å². The monoisotopic (exact) mass is 225 g/mol. The maximum atomic E-state index is 9.28. The molecule has 0 radical (unpaired) electrons. The van der Waals surface area contributed by atoms with Gasteiger partial charge in [-0.05, 0) is 36.5 Å². The summed E-state index contributed by atoms with van der Waals surface area (Å²) in [6, 6.07) is 12.0. The fourth-order valence-corrected chi connectivity index (χ4v) is 2.35. The normalized spacial score (nSPS) is 15.5. The zero-order valence-corrected chi connectivity index (χ0v) is 9.63. The van der Waals surface area contributed by atoms with Gasteiger partial charge in [0.1, 0.15) is 5.75 Å². The van der Waals surface area contributed by atoms with Gasteiger partial charge in [-0.3, -0.25) is 4.98 Å². The molecular formula is C15H15NO. The van der Waals surface area contributed by atoms with E-state index in [9.17, 15) is 5.11 Å². The minimum absolute atomic E-state index is 0.217. The van der Waals surface area contributed by atoms with Crippen molar-refractivity contribution in [2.75, 3.05) is 0 Å². The van der Waals surface area contributed by atoms with Crippen LogP contribution in [-0.4, -0.2) is 10.1 Å². The van der Waals surface area contributed by atoms with Gasteiger partial charge in [0.15, 0.2) is 0 Å². The Kier molecular flexibility index (Phi) is 2.56. The van der Waals surface area contributed by atoms with Gasteiger partial charge >= 0.3 is 0 Å². The maximum Gasteiger partial charge on any atom is 0.133 e. The van der Waals surface area contributed by atoms with Crippen molar-refractivity contribution in [3.05, 3.63) is 48.2 Å². The van der Waals surface area contributed by atoms with E-state index in [1.165, 1.54) is 36.6 Å². The molecule has 0 amide bonds. The number of benzene rings is 1. The van der Waals surface area contributed by atoms with Crippen molar-refractivity contribution < 1.29 is 5.11 Å². The molecule has 1 aliphatic rings. The molecule has 1 N–H and O–H groups in total. The van der Waals surface area contributed by atoms with Crippen LogP contribution in [0.2, 0.25) is 0 Å². The van der Waals surface area contributed by atoms with Crippen LogP contribution in [0.25, 0.3) is 11.3 Å². The van der Waals surface area contributed by atoms with E-state index < -0.39 is 0 Å². The third-order valence-electron chi connectivity index (χ3n) is 3.53. The Morgan fingerprint density at radius 1 is 1.06 bits per heavy atom. The van der Waals surface area contributed by atoms with E-state index in [1.807, 2.05) is 12.1 Å². The molecule has 1 aromatic heterocycles. The van der Waals surface area contributed by atoms with Crippen LogP contribution < -0.4 is 0 Å². The zero-order valence-electron chi connectivity index (χ0n) is 9.63. The molecule has 2 heteroatoms. The van der Waals surface area contributed by atoms with E-state index >= 15 is 0 Å². The average molecular weight is 225 g/mol. The highest BCUT2D eigenvalue weighted by atomic mass is 16.3. The van der Waals surface area contributed by atoms with Crippen molar-refractivity contribution in [3.63, 3.8) is 0 Å². The first kappa shape index (κ1) is 10.3. The van der Waals surface area contributed by atoms with E-state index in [-0.39, 0.29) is 5.75 Å². The smallest absolute Gasteiger partial charge is 0.133 e. The van der Waals surface area contributed by atoms with Crippen molar-refractivity contribution >= 4 is 0 Å². The fourth-order valence-electron chi connectivity index (χ4n) is 2.35. The van der Waals surface area contributed by atoms with Crippen molar-refractivity contribution in [2.45, 2.75) is 25.2 Å². The topological polar surface area (TPSA) is 33.1 Å². The molecule has 0 aliphatic heterocycles. The van der Waals surface area contributed by atoms with Crippen LogP contribution in [0, 0.1) is 0 Å². The lowest BCUT2D eigenvalue weighted by molar-refractivity contribution is 0.420. The molecule has 1 aliphatic carbocycles. The molecule has 0 atom stereocenters. The molecule has 2 aromatic rings. The van der Waals surface area contributed by atoms with Crippen LogP contribution in [-0.2, 0) is 0 Å². The second-order valence-corrected chi connectivity index (χ2v) is 4.62. The summed E-state index contributed by atoms with van der Waals surface area (Å²) in [6.45, 7) is 0. The third-order valence-corrected chi connectivity index (χ3v) is 3.53. The Labute approximate surface area is 101 Å². The van der Waals surface area contributed by atoms with Gasteiger partial charge in [-0.1, -0.05) is 30.7 Å². The van der Waals surface area contributed by atoms with E-state index in [0.717, 1.165) is 5.69 Å². The summed E-state index contributed by atoms with van der Waals surface area (Å²) in [5, 5.41) is 9.28. The molecule has 17 heavy (non-hydrogen) atoms. The Bertz CT molecular complexity index is 515. The van der Waals surface area contributed by atoms with Crippen molar-refractivity contribution in [3.8, 4) is 17.0 Å². The first-order valence-electron chi connectivity index (χ1n) is 6.09. The lowest BCUT2D eigenvalue weighted by Gasteiger charge is -2.27. The quantitative estimate of drug-likeness (QED) is 0.844. The molecule has 86 valence electrons. The molecule has 0 saturated heterocycles. The maximum absolute atomic E-state index is 9.28. The van der Waals surface area contributed by atoms with Gasteiger partial charge in [-0.2, -0.15) is 0 Å². The number of aromatic nitrogens is 1. The van der Waals surface area contributed by atoms with E-state index in [1.54, 1.807) is 6.07 Å². The van der Waals surface area contributed by atoms with Crippen LogP contribution in [0.3, 0.4) is 0 Å². The Hall–Kier alpha value is -1.83. The summed E-state index contributed by atoms with van der Waals surface area (Å²) in [4.78, 5) is 4.30. The van der Waals surface area contributed by atoms with E-state index in [0.29, 0.717) is 5.92 Å². The summed E-state index contributed by atoms with van der Waals surface area (Å²) < 4.78 is 0. The molecule has 3 rings (SSSR count). The van der Waals surface area contributed by atoms with Gasteiger partial charge in [0.2, 0.25) is 0 Å². The van der Waals surface area contributed by atoms with Crippen molar-refractivity contribution in [2.24, 2.45) is 0 Å². The lowest BCUT2D eigenvalue weighted by Crippen LogP contribution is -2.10. The van der Waals surface area contributed by atoms with Crippen molar-refractivity contribution in [1.82, 2.24) is 4.98 Å². The highest BCUT2D eigenvalue weighted by molar-refractivity contribution is 5.65. The Balaban J connectivity index is 2.04. The summed E-state index contributed by atoms with van der Waals surface area (Å²) in [6.07, 6.45) is 5.42. The zero-order chi connectivity index (χ0) is 11.7. The number of rotatable bonds is 2. The van der Waals surface area contributed by atoms with Gasteiger partial charge in [-0.25, -0.2) is 0 Å². The predicted molar refractivity (Wildman–Crippen MR) is 67.9 cm³/mol. The van der Waals surface area contributed by atoms with E-state index in [2.05, 4.69) is 23.2 Å². The molecular weight excluding hydrogens is 210 g/mol. The first-order valence-corrected chi connectivity index (χ1v) is 6.09. The SMILES string of the molecule is Oc1ccc(-c2ccccc2C2CCC2)nc1. The molecule has 0 bridgehead atoms. The number of aromatic hydroxyl groups is 1. The molecule has 0 unspecified atom stereocenters. The molecule has 1 saturated carbocycles. The van der Waals surface area contributed by atoms with Crippen LogP contribution in [0.15, 0.2) is 42.6 Å². The molecule has 0 spiro atoms. The Morgan fingerprint density at radius 3 is 2.53 bits per heavy atom. The minimum atomic E-state index is 0.217. The highest BCUT2D eigenvalue weighted by Gasteiger charge is 2.22. The predicted octanol–water partition coefficient (Wildman–Crippen LogP) is 3.72. The Morgan fingerprint density at radius 2 is 1.88 bits per heavy atom. The third kappa shape index (κ3) is 1.91. The summed E-state index contributed by atoms with van der Waals surface area (Å²) in [7, 11) is 0. The molecule has 1 heterocycles. The fraction of sp³-hybridized carbons (Fsp3) is 0.267. The van der Waals surface area contributed by atoms with Crippen LogP contribution in [0.1, 0.15) is 30.7 Å². The summed E-state index contributed by atoms with van der Waals surface area (Å²) >= 11 is 0. The second kappa shape index (κ2) is 4.21. The first-order chi connectivity index (χ1) is 8.34. The van der Waals surface area contributed by atoms with Gasteiger partial charge in [-0.15, -0.1) is 0 Å². The summed E-state index contributed by atoms with van der Waals surface area (Å²) in [5.74, 6) is 0.914. The van der Waals surface area contributed by atoms with Crippen LogP contribution in [0.5, 0.6) is 5.75 Å². The molecule has 1 fully saturated rings. The second-order valence-electron chi connectivity index (χ2n) is 4.62. The standard InChI is InChI=1S/C15H15NO/c17-12-8-9-15(16-10-12)14-7-2-1-6-13(14)11-4-3-5-11/h1-2,6-11,17H,3-5H2. The molecule has 2 nitrogen and oxygen atoms in total.